The Morgan fingerprint density at radius 3 is 1.54 bits per heavy atom. The molecule has 0 amide bonds. The predicted octanol–water partition coefficient (Wildman–Crippen LogP) is 14.6. The van der Waals surface area contributed by atoms with Crippen molar-refractivity contribution in [1.29, 1.82) is 0 Å². The number of hydrogen-bond donors (Lipinski definition) is 1. The largest absolute Gasteiger partial charge is 0.489 e. The number of aliphatic hydroxyl groups is 1. The molecule has 3 fully saturated rings. The van der Waals surface area contributed by atoms with Crippen molar-refractivity contribution in [1.82, 2.24) is 0 Å². The van der Waals surface area contributed by atoms with Crippen molar-refractivity contribution in [2.24, 2.45) is 23.7 Å². The van der Waals surface area contributed by atoms with Gasteiger partial charge in [0.15, 0.2) is 22.4 Å². The second-order valence-electron chi connectivity index (χ2n) is 25.9. The van der Waals surface area contributed by atoms with Gasteiger partial charge in [-0.15, -0.1) is 23.7 Å². The smallest absolute Gasteiger partial charge is 0.305 e. The van der Waals surface area contributed by atoms with Crippen LogP contribution in [0, 0.1) is 47.4 Å². The van der Waals surface area contributed by atoms with Gasteiger partial charge in [-0.05, 0) is 126 Å². The van der Waals surface area contributed by atoms with Gasteiger partial charge in [0, 0.05) is 92.5 Å². The van der Waals surface area contributed by atoms with Gasteiger partial charge in [0.1, 0.15) is 23.7 Å². The number of esters is 2. The number of benzene rings is 2. The molecule has 2 aromatic rings. The molecule has 0 spiro atoms. The molecule has 0 radical (unpaired) electrons. The molecule has 11 atom stereocenters. The summed E-state index contributed by atoms with van der Waals surface area (Å²) in [5, 5.41) is 11.1. The Morgan fingerprint density at radius 2 is 1.14 bits per heavy atom. The van der Waals surface area contributed by atoms with Crippen LogP contribution in [0.25, 0.3) is 0 Å². The van der Waals surface area contributed by atoms with Crippen LogP contribution in [-0.4, -0.2) is 96.4 Å². The van der Waals surface area contributed by atoms with Gasteiger partial charge in [0.25, 0.3) is 0 Å². The van der Waals surface area contributed by atoms with Crippen LogP contribution in [0.1, 0.15) is 181 Å². The number of ether oxygens (including phenoxy) is 5. The Bertz CT molecular complexity index is 2550. The van der Waals surface area contributed by atoms with E-state index in [4.69, 9.17) is 32.5 Å². The van der Waals surface area contributed by atoms with Crippen molar-refractivity contribution in [2.45, 2.75) is 239 Å². The number of carbonyl (C=O) groups excluding carboxylic acids is 3. The SMILES string of the molecule is C1CCOC1.CC#CC[C@H](C)C(=O)/C=C/[C@@H]1[C@H]2c3cccc(CCCC(=O)OCC)c3O[C@H]2C[C@H]1O[Si](C)(C)C(C)(C)C.CC#CC[C@H](C)[C@H](O)/C=C/[C@@H]1[C@H]2c3cccc(CCCC(=O)OCC)c3O[C@H]2C[C@H]1O[Si](C)(C)C(C)(C)C. The molecule has 13 heteroatoms. The Balaban J connectivity index is 0.000000273. The second kappa shape index (κ2) is 30.9. The normalized spacial score (nSPS) is 23.8. The van der Waals surface area contributed by atoms with Crippen molar-refractivity contribution >= 4 is 34.4 Å². The van der Waals surface area contributed by atoms with Gasteiger partial charge >= 0.3 is 11.9 Å². The molecule has 3 aliphatic heterocycles. The van der Waals surface area contributed by atoms with Crippen molar-refractivity contribution < 1.29 is 52.0 Å². The van der Waals surface area contributed by atoms with E-state index in [1.807, 2.05) is 40.7 Å². The number of para-hydroxylation sites is 2. The van der Waals surface area contributed by atoms with E-state index in [0.717, 1.165) is 74.4 Å². The van der Waals surface area contributed by atoms with Gasteiger partial charge in [-0.1, -0.05) is 110 Å². The Kier molecular flexibility index (Phi) is 25.7. The van der Waals surface area contributed by atoms with Crippen LogP contribution >= 0.6 is 0 Å². The van der Waals surface area contributed by atoms with Gasteiger partial charge in [0.05, 0.1) is 31.5 Å². The van der Waals surface area contributed by atoms with Gasteiger partial charge in [-0.3, -0.25) is 14.4 Å². The maximum absolute atomic E-state index is 12.9. The third-order valence-corrected chi connectivity index (χ3v) is 26.8. The lowest BCUT2D eigenvalue weighted by Gasteiger charge is -2.40. The van der Waals surface area contributed by atoms with Crippen molar-refractivity contribution in [3.63, 3.8) is 0 Å². The molecule has 2 saturated carbocycles. The summed E-state index contributed by atoms with van der Waals surface area (Å²) in [5.41, 5.74) is 4.70. The number of fused-ring (bicyclic) bond motifs is 6. The fourth-order valence-electron chi connectivity index (χ4n) is 11.0. The number of aryl methyl sites for hydroxylation is 2. The molecule has 1 saturated heterocycles. The van der Waals surface area contributed by atoms with Gasteiger partial charge in [-0.25, -0.2) is 0 Å². The molecule has 7 rings (SSSR count). The van der Waals surface area contributed by atoms with Crippen LogP contribution in [0.2, 0.25) is 36.3 Å². The van der Waals surface area contributed by atoms with Crippen LogP contribution in [0.15, 0.2) is 60.7 Å². The molecule has 0 bridgehead atoms. The molecule has 448 valence electrons. The number of aliphatic hydroxyl groups excluding tert-OH is 1. The number of allylic oxidation sites excluding steroid dienone is 1. The average molecular weight is 1150 g/mol. The minimum atomic E-state index is -2.03. The molecule has 2 aromatic carbocycles. The highest BCUT2D eigenvalue weighted by Crippen LogP contribution is 2.56. The van der Waals surface area contributed by atoms with Crippen LogP contribution in [0.5, 0.6) is 11.5 Å². The third kappa shape index (κ3) is 18.5. The van der Waals surface area contributed by atoms with Gasteiger partial charge < -0.3 is 37.6 Å². The summed E-state index contributed by atoms with van der Waals surface area (Å²) < 4.78 is 42.3. The Hall–Kier alpha value is -4.48. The zero-order valence-corrected chi connectivity index (χ0v) is 54.5. The van der Waals surface area contributed by atoms with Crippen molar-refractivity contribution in [2.75, 3.05) is 26.4 Å². The number of carbonyl (C=O) groups is 3. The lowest BCUT2D eigenvalue weighted by molar-refractivity contribution is -0.144. The zero-order chi connectivity index (χ0) is 59.7. The molecule has 11 nitrogen and oxygen atoms in total. The topological polar surface area (TPSA) is 136 Å². The van der Waals surface area contributed by atoms with Gasteiger partial charge in [0.2, 0.25) is 0 Å². The maximum Gasteiger partial charge on any atom is 0.305 e. The van der Waals surface area contributed by atoms with Crippen LogP contribution in [0.4, 0.5) is 0 Å². The number of hydrogen-bond acceptors (Lipinski definition) is 11. The van der Waals surface area contributed by atoms with Crippen LogP contribution in [-0.2, 0) is 50.3 Å². The second-order valence-corrected chi connectivity index (χ2v) is 35.4. The van der Waals surface area contributed by atoms with E-state index in [1.165, 1.54) is 24.0 Å². The van der Waals surface area contributed by atoms with Gasteiger partial charge in [-0.2, -0.15) is 0 Å². The molecule has 0 aromatic heterocycles. The van der Waals surface area contributed by atoms with E-state index < -0.39 is 22.7 Å². The van der Waals surface area contributed by atoms with Crippen molar-refractivity contribution in [3.8, 4) is 35.2 Å². The fourth-order valence-corrected chi connectivity index (χ4v) is 13.7. The first-order chi connectivity index (χ1) is 38.3. The lowest BCUT2D eigenvalue weighted by Crippen LogP contribution is -2.45. The summed E-state index contributed by atoms with van der Waals surface area (Å²) in [4.78, 5) is 36.6. The van der Waals surface area contributed by atoms with Crippen molar-refractivity contribution in [3.05, 3.63) is 83.0 Å². The first kappa shape index (κ1) is 67.3. The minimum Gasteiger partial charge on any atom is -0.489 e. The molecule has 0 unspecified atom stereocenters. The Morgan fingerprint density at radius 1 is 0.691 bits per heavy atom. The number of ketones is 1. The molecular weight excluding hydrogens is 1050 g/mol. The molecule has 81 heavy (non-hydrogen) atoms. The summed E-state index contributed by atoms with van der Waals surface area (Å²) >= 11 is 0. The predicted molar refractivity (Wildman–Crippen MR) is 331 cm³/mol. The Labute approximate surface area is 491 Å². The molecule has 5 aliphatic rings. The molecule has 3 heterocycles. The highest BCUT2D eigenvalue weighted by Gasteiger charge is 2.54. The molecule has 1 N–H and O–H groups in total. The first-order valence-corrected chi connectivity index (χ1v) is 36.3. The first-order valence-electron chi connectivity index (χ1n) is 30.5. The summed E-state index contributed by atoms with van der Waals surface area (Å²) in [6.07, 6.45) is 16.8. The molecular formula is C68H102O11Si2. The van der Waals surface area contributed by atoms with E-state index in [1.54, 1.807) is 13.0 Å². The fraction of sp³-hybridized carbons (Fsp3) is 0.662. The van der Waals surface area contributed by atoms with E-state index in [0.29, 0.717) is 38.9 Å². The van der Waals surface area contributed by atoms with E-state index in [2.05, 4.69) is 140 Å². The van der Waals surface area contributed by atoms with E-state index in [-0.39, 0.29) is 87.7 Å². The lowest BCUT2D eigenvalue weighted by atomic mass is 9.86. The zero-order valence-electron chi connectivity index (χ0n) is 52.5. The highest BCUT2D eigenvalue weighted by atomic mass is 28.4. The highest BCUT2D eigenvalue weighted by molar-refractivity contribution is 6.74. The average Bonchev–Trinajstić information content (AvgIpc) is 4.39. The maximum atomic E-state index is 12.9. The van der Waals surface area contributed by atoms with E-state index in [9.17, 15) is 19.5 Å². The number of rotatable bonds is 22. The molecule has 2 aliphatic carbocycles. The standard InChI is InChI=1S/C32H48O5Si.C32H46O5Si.C4H8O/c2*1-9-11-14-22(3)26(33)20-19-24-27(37-38(7,8)32(4,5)6)21-28-30(24)25-17-12-15-23(31(25)36-28)16-13-18-29(34)35-10-2;1-2-4-5-3-1/h12,15,17,19-20,22,24,26-28,30,33H,10,13-14,16,18,21H2,1-8H3;12,15,17,19-20,22,24,27-28,30H,10,13-14,16,18,21H2,1-8H3;1-4H2/b2*20-19+;/t22-,24-,26+,27+,28-,30-;22-,24-,27+,28-,30-;/m00./s1. The van der Waals surface area contributed by atoms with Crippen LogP contribution < -0.4 is 9.47 Å². The minimum absolute atomic E-state index is 0.00121. The summed E-state index contributed by atoms with van der Waals surface area (Å²) in [6.45, 7) is 36.9. The summed E-state index contributed by atoms with van der Waals surface area (Å²) in [5.74, 6) is 14.1. The summed E-state index contributed by atoms with van der Waals surface area (Å²) in [7, 11) is -4.04. The van der Waals surface area contributed by atoms with E-state index >= 15 is 0 Å². The monoisotopic (exact) mass is 1150 g/mol. The van der Waals surface area contributed by atoms with Crippen LogP contribution in [0.3, 0.4) is 0 Å². The third-order valence-electron chi connectivity index (χ3n) is 17.8. The quantitative estimate of drug-likeness (QED) is 0.0397. The summed E-state index contributed by atoms with van der Waals surface area (Å²) in [6, 6.07) is 12.7.